The summed E-state index contributed by atoms with van der Waals surface area (Å²) in [6.07, 6.45) is 0.895. The van der Waals surface area contributed by atoms with E-state index in [4.69, 9.17) is 9.47 Å². The smallest absolute Gasteiger partial charge is 0.123 e. The van der Waals surface area contributed by atoms with Crippen molar-refractivity contribution in [1.29, 1.82) is 0 Å². The maximum atomic E-state index is 9.52. The van der Waals surface area contributed by atoms with Crippen molar-refractivity contribution < 1.29 is 14.6 Å². The summed E-state index contributed by atoms with van der Waals surface area (Å²) in [4.78, 5) is 2.27. The van der Waals surface area contributed by atoms with Crippen LogP contribution in [0.2, 0.25) is 0 Å². The van der Waals surface area contributed by atoms with Gasteiger partial charge in [0.1, 0.15) is 5.75 Å². The standard InChI is InChI=1S/C20H25NO3/c22-15-19-16-23-13-11-21(19)14-18-8-4-5-9-20(18)24-12-10-17-6-2-1-3-7-17/h1-9,19,22H,10-16H2/t19-/m1/s1. The van der Waals surface area contributed by atoms with Gasteiger partial charge in [-0.05, 0) is 11.6 Å². The predicted octanol–water partition coefficient (Wildman–Crippen LogP) is 2.50. The molecule has 1 heterocycles. The largest absolute Gasteiger partial charge is 0.493 e. The lowest BCUT2D eigenvalue weighted by Crippen LogP contribution is -2.46. The second-order valence-electron chi connectivity index (χ2n) is 6.07. The molecule has 24 heavy (non-hydrogen) atoms. The number of hydrogen-bond donors (Lipinski definition) is 1. The Morgan fingerprint density at radius 1 is 1.08 bits per heavy atom. The number of hydrogen-bond acceptors (Lipinski definition) is 4. The molecule has 0 bridgehead atoms. The summed E-state index contributed by atoms with van der Waals surface area (Å²) in [6, 6.07) is 18.6. The second-order valence-corrected chi connectivity index (χ2v) is 6.07. The number of ether oxygens (including phenoxy) is 2. The van der Waals surface area contributed by atoms with E-state index in [1.54, 1.807) is 0 Å². The van der Waals surface area contributed by atoms with Crippen LogP contribution in [0, 0.1) is 0 Å². The average Bonchev–Trinajstić information content (AvgIpc) is 2.64. The van der Waals surface area contributed by atoms with Crippen LogP contribution in [0.25, 0.3) is 0 Å². The highest BCUT2D eigenvalue weighted by atomic mass is 16.5. The van der Waals surface area contributed by atoms with Gasteiger partial charge >= 0.3 is 0 Å². The summed E-state index contributed by atoms with van der Waals surface area (Å²) in [6.45, 7) is 3.70. The first kappa shape index (κ1) is 17.0. The SMILES string of the molecule is OC[C@@H]1COCCN1Cc1ccccc1OCCc1ccccc1. The lowest BCUT2D eigenvalue weighted by Gasteiger charge is -2.34. The van der Waals surface area contributed by atoms with E-state index < -0.39 is 0 Å². The van der Waals surface area contributed by atoms with Crippen molar-refractivity contribution in [3.05, 3.63) is 65.7 Å². The minimum absolute atomic E-state index is 0.0659. The molecule has 1 saturated heterocycles. The molecule has 0 unspecified atom stereocenters. The van der Waals surface area contributed by atoms with Crippen molar-refractivity contribution in [2.45, 2.75) is 19.0 Å². The van der Waals surface area contributed by atoms with Crippen LogP contribution < -0.4 is 4.74 Å². The number of morpholine rings is 1. The van der Waals surface area contributed by atoms with Gasteiger partial charge in [0.05, 0.1) is 32.5 Å². The molecule has 4 nitrogen and oxygen atoms in total. The fourth-order valence-corrected chi connectivity index (χ4v) is 2.98. The normalized spacial score (nSPS) is 18.5. The summed E-state index contributed by atoms with van der Waals surface area (Å²) in [5, 5.41) is 9.52. The molecule has 1 aliphatic rings. The first-order valence-electron chi connectivity index (χ1n) is 8.54. The van der Waals surface area contributed by atoms with Gasteiger partial charge in [-0.2, -0.15) is 0 Å². The molecule has 1 aliphatic heterocycles. The monoisotopic (exact) mass is 327 g/mol. The Bertz CT molecular complexity index is 617. The molecule has 2 aromatic carbocycles. The highest BCUT2D eigenvalue weighted by molar-refractivity contribution is 5.33. The molecule has 0 saturated carbocycles. The average molecular weight is 327 g/mol. The number of rotatable bonds is 7. The molecule has 0 aliphatic carbocycles. The van der Waals surface area contributed by atoms with Crippen LogP contribution >= 0.6 is 0 Å². The Morgan fingerprint density at radius 3 is 2.71 bits per heavy atom. The summed E-state index contributed by atoms with van der Waals surface area (Å²) in [5.74, 6) is 0.927. The van der Waals surface area contributed by atoms with Crippen LogP contribution in [0.4, 0.5) is 0 Å². The molecule has 0 aromatic heterocycles. The van der Waals surface area contributed by atoms with Crippen LogP contribution in [-0.2, 0) is 17.7 Å². The molecule has 1 fully saturated rings. The van der Waals surface area contributed by atoms with Crippen LogP contribution in [0.15, 0.2) is 54.6 Å². The van der Waals surface area contributed by atoms with Crippen molar-refractivity contribution in [3.8, 4) is 5.75 Å². The minimum atomic E-state index is 0.0659. The first-order chi connectivity index (χ1) is 11.9. The Balaban J connectivity index is 1.60. The zero-order chi connectivity index (χ0) is 16.6. The third-order valence-electron chi connectivity index (χ3n) is 4.40. The van der Waals surface area contributed by atoms with Crippen LogP contribution in [0.3, 0.4) is 0 Å². The highest BCUT2D eigenvalue weighted by Gasteiger charge is 2.23. The van der Waals surface area contributed by atoms with Gasteiger partial charge in [0.15, 0.2) is 0 Å². The minimum Gasteiger partial charge on any atom is -0.493 e. The number of benzene rings is 2. The second kappa shape index (κ2) is 8.83. The molecule has 0 spiro atoms. The van der Waals surface area contributed by atoms with Gasteiger partial charge in [-0.25, -0.2) is 0 Å². The zero-order valence-corrected chi connectivity index (χ0v) is 13.9. The Morgan fingerprint density at radius 2 is 1.88 bits per heavy atom. The van der Waals surface area contributed by atoms with Gasteiger partial charge in [0.25, 0.3) is 0 Å². The summed E-state index contributed by atoms with van der Waals surface area (Å²) in [5.41, 5.74) is 2.44. The van der Waals surface area contributed by atoms with Crippen LogP contribution in [0.5, 0.6) is 5.75 Å². The summed E-state index contributed by atoms with van der Waals surface area (Å²) >= 11 is 0. The van der Waals surface area contributed by atoms with Crippen molar-refractivity contribution in [1.82, 2.24) is 4.90 Å². The Hall–Kier alpha value is -1.88. The maximum Gasteiger partial charge on any atom is 0.123 e. The fraction of sp³-hybridized carbons (Fsp3) is 0.400. The first-order valence-corrected chi connectivity index (χ1v) is 8.54. The molecule has 4 heteroatoms. The van der Waals surface area contributed by atoms with Crippen molar-refractivity contribution in [2.24, 2.45) is 0 Å². The molecule has 128 valence electrons. The van der Waals surface area contributed by atoms with Crippen molar-refractivity contribution >= 4 is 0 Å². The van der Waals surface area contributed by atoms with Crippen LogP contribution in [0.1, 0.15) is 11.1 Å². The lowest BCUT2D eigenvalue weighted by atomic mass is 10.1. The van der Waals surface area contributed by atoms with Gasteiger partial charge in [0.2, 0.25) is 0 Å². The number of nitrogens with zero attached hydrogens (tertiary/aromatic N) is 1. The molecule has 1 N–H and O–H groups in total. The van der Waals surface area contributed by atoms with Gasteiger partial charge in [-0.3, -0.25) is 4.90 Å². The van der Waals surface area contributed by atoms with E-state index in [1.165, 1.54) is 5.56 Å². The highest BCUT2D eigenvalue weighted by Crippen LogP contribution is 2.22. The third kappa shape index (κ3) is 4.57. The Labute approximate surface area is 143 Å². The lowest BCUT2D eigenvalue weighted by molar-refractivity contribution is -0.0315. The summed E-state index contributed by atoms with van der Waals surface area (Å²) < 4.78 is 11.5. The van der Waals surface area contributed by atoms with E-state index in [-0.39, 0.29) is 12.6 Å². The fourth-order valence-electron chi connectivity index (χ4n) is 2.98. The van der Waals surface area contributed by atoms with E-state index in [0.717, 1.165) is 30.8 Å². The van der Waals surface area contributed by atoms with E-state index in [2.05, 4.69) is 35.2 Å². The van der Waals surface area contributed by atoms with Gasteiger partial charge in [-0.1, -0.05) is 48.5 Å². The van der Waals surface area contributed by atoms with E-state index in [0.29, 0.717) is 19.8 Å². The molecular formula is C20H25NO3. The van der Waals surface area contributed by atoms with Crippen LogP contribution in [-0.4, -0.2) is 49.0 Å². The van der Waals surface area contributed by atoms with E-state index in [9.17, 15) is 5.11 Å². The molecule has 1 atom stereocenters. The summed E-state index contributed by atoms with van der Waals surface area (Å²) in [7, 11) is 0. The number of para-hydroxylation sites is 1. The topological polar surface area (TPSA) is 41.9 Å². The van der Waals surface area contributed by atoms with E-state index >= 15 is 0 Å². The predicted molar refractivity (Wildman–Crippen MR) is 94.2 cm³/mol. The van der Waals surface area contributed by atoms with Gasteiger partial charge < -0.3 is 14.6 Å². The Kier molecular flexibility index (Phi) is 6.24. The quantitative estimate of drug-likeness (QED) is 0.848. The third-order valence-corrected chi connectivity index (χ3v) is 4.40. The number of aliphatic hydroxyl groups is 1. The number of aliphatic hydroxyl groups excluding tert-OH is 1. The zero-order valence-electron chi connectivity index (χ0n) is 13.9. The molecule has 0 amide bonds. The van der Waals surface area contributed by atoms with Gasteiger partial charge in [-0.15, -0.1) is 0 Å². The molecule has 2 aromatic rings. The molecule has 3 rings (SSSR count). The van der Waals surface area contributed by atoms with Gasteiger partial charge in [0, 0.05) is 25.1 Å². The van der Waals surface area contributed by atoms with E-state index in [1.807, 2.05) is 24.3 Å². The van der Waals surface area contributed by atoms with Crippen molar-refractivity contribution in [3.63, 3.8) is 0 Å². The van der Waals surface area contributed by atoms with Crippen molar-refractivity contribution in [2.75, 3.05) is 33.0 Å². The molecular weight excluding hydrogens is 302 g/mol. The maximum absolute atomic E-state index is 9.52. The molecule has 0 radical (unpaired) electrons.